The van der Waals surface area contributed by atoms with Gasteiger partial charge in [0.1, 0.15) is 13.1 Å². The molecule has 0 spiro atoms. The minimum atomic E-state index is -0.555. The van der Waals surface area contributed by atoms with Crippen molar-refractivity contribution in [3.8, 4) is 5.88 Å². The molecule has 1 fully saturated rings. The summed E-state index contributed by atoms with van der Waals surface area (Å²) in [7, 11) is 0. The number of azo groups is 1. The molecule has 2 heterocycles. The first kappa shape index (κ1) is 18.6. The van der Waals surface area contributed by atoms with Crippen LogP contribution in [0.2, 0.25) is 5.02 Å². The molecule has 28 heavy (non-hydrogen) atoms. The van der Waals surface area contributed by atoms with Gasteiger partial charge in [-0.1, -0.05) is 41.9 Å². The maximum atomic E-state index is 12.4. The van der Waals surface area contributed by atoms with E-state index in [0.29, 0.717) is 24.9 Å². The van der Waals surface area contributed by atoms with Crippen LogP contribution in [0.15, 0.2) is 58.8 Å². The van der Waals surface area contributed by atoms with Gasteiger partial charge in [0.25, 0.3) is 5.91 Å². The number of fused-ring (bicyclic) bond motifs is 1. The lowest BCUT2D eigenvalue weighted by Gasteiger charge is -2.24. The summed E-state index contributed by atoms with van der Waals surface area (Å²) in [4.78, 5) is 13.7. The van der Waals surface area contributed by atoms with E-state index in [4.69, 9.17) is 16.3 Å². The third-order valence-electron chi connectivity index (χ3n) is 4.84. The Bertz CT molecular complexity index is 1040. The number of hydrogen-bond donors (Lipinski definition) is 2. The maximum Gasteiger partial charge on any atom is 0.296 e. The molecule has 1 aromatic heterocycles. The summed E-state index contributed by atoms with van der Waals surface area (Å²) in [6.45, 7) is 3.73. The molecule has 8 heteroatoms. The van der Waals surface area contributed by atoms with Crippen molar-refractivity contribution in [3.05, 3.63) is 59.1 Å². The molecule has 7 nitrogen and oxygen atoms in total. The molecule has 1 saturated heterocycles. The molecular weight excluding hydrogens is 380 g/mol. The highest BCUT2D eigenvalue weighted by Crippen LogP contribution is 2.38. The predicted octanol–water partition coefficient (Wildman–Crippen LogP) is 2.80. The van der Waals surface area contributed by atoms with Crippen LogP contribution >= 0.6 is 11.6 Å². The second kappa shape index (κ2) is 8.10. The van der Waals surface area contributed by atoms with E-state index in [2.05, 4.69) is 10.2 Å². The van der Waals surface area contributed by atoms with Crippen LogP contribution in [0.5, 0.6) is 5.88 Å². The number of hydrogen-bond acceptors (Lipinski definition) is 4. The van der Waals surface area contributed by atoms with Crippen molar-refractivity contribution in [2.45, 2.75) is 6.67 Å². The van der Waals surface area contributed by atoms with Gasteiger partial charge in [-0.15, -0.1) is 10.2 Å². The molecule has 2 aromatic carbocycles. The quantitative estimate of drug-likeness (QED) is 0.662. The Morgan fingerprint density at radius 3 is 2.64 bits per heavy atom. The minimum absolute atomic E-state index is 0.00380. The highest BCUT2D eigenvalue weighted by molar-refractivity contribution is 6.33. The van der Waals surface area contributed by atoms with Crippen LogP contribution < -0.4 is 4.90 Å². The zero-order valence-electron chi connectivity index (χ0n) is 15.1. The Balaban J connectivity index is 1.68. The van der Waals surface area contributed by atoms with Crippen LogP contribution in [0.3, 0.4) is 0 Å². The zero-order chi connectivity index (χ0) is 19.5. The number of ether oxygens (including phenoxy) is 1. The number of aromatic hydroxyl groups is 1. The SMILES string of the molecule is O=C(N=Nc1c(O)n(C[NH+]2CCOCC2)c2ccccc12)c1ccccc1Cl. The van der Waals surface area contributed by atoms with Crippen molar-refractivity contribution < 1.29 is 19.5 Å². The summed E-state index contributed by atoms with van der Waals surface area (Å²) >= 11 is 6.05. The molecule has 4 rings (SSSR count). The predicted molar refractivity (Wildman–Crippen MR) is 105 cm³/mol. The molecular formula is C20H20ClN4O3+. The lowest BCUT2D eigenvalue weighted by atomic mass is 10.2. The van der Waals surface area contributed by atoms with Crippen LogP contribution in [0.1, 0.15) is 10.4 Å². The average Bonchev–Trinajstić information content (AvgIpc) is 2.99. The summed E-state index contributed by atoms with van der Waals surface area (Å²) in [5, 5.41) is 19.7. The largest absolute Gasteiger partial charge is 0.493 e. The topological polar surface area (TPSA) is 80.6 Å². The number of halogens is 1. The second-order valence-corrected chi connectivity index (χ2v) is 7.03. The molecule has 1 aliphatic rings. The van der Waals surface area contributed by atoms with Crippen molar-refractivity contribution in [3.63, 3.8) is 0 Å². The molecule has 0 atom stereocenters. The van der Waals surface area contributed by atoms with Crippen molar-refractivity contribution in [1.29, 1.82) is 0 Å². The smallest absolute Gasteiger partial charge is 0.296 e. The zero-order valence-corrected chi connectivity index (χ0v) is 15.9. The Labute approximate surface area is 166 Å². The summed E-state index contributed by atoms with van der Waals surface area (Å²) in [5.41, 5.74) is 1.40. The number of nitrogens with one attached hydrogen (secondary N) is 1. The van der Waals surface area contributed by atoms with Crippen LogP contribution in [-0.2, 0) is 11.4 Å². The molecule has 0 saturated carbocycles. The number of quaternary nitrogens is 1. The highest BCUT2D eigenvalue weighted by Gasteiger charge is 2.22. The fraction of sp³-hybridized carbons (Fsp3) is 0.250. The van der Waals surface area contributed by atoms with Gasteiger partial charge in [0.2, 0.25) is 5.88 Å². The van der Waals surface area contributed by atoms with Crippen LogP contribution in [0.25, 0.3) is 10.9 Å². The highest BCUT2D eigenvalue weighted by atomic mass is 35.5. The van der Waals surface area contributed by atoms with Crippen molar-refractivity contribution >= 4 is 34.1 Å². The van der Waals surface area contributed by atoms with Crippen LogP contribution in [-0.4, -0.2) is 41.9 Å². The van der Waals surface area contributed by atoms with Gasteiger partial charge in [-0.3, -0.25) is 9.36 Å². The Hall–Kier alpha value is -2.74. The number of benzene rings is 2. The second-order valence-electron chi connectivity index (χ2n) is 6.62. The number of carbonyl (C=O) groups excluding carboxylic acids is 1. The number of carbonyl (C=O) groups is 1. The number of morpholine rings is 1. The van der Waals surface area contributed by atoms with E-state index in [-0.39, 0.29) is 17.1 Å². The van der Waals surface area contributed by atoms with Crippen molar-refractivity contribution in [1.82, 2.24) is 4.57 Å². The van der Waals surface area contributed by atoms with Gasteiger partial charge in [0.15, 0.2) is 12.4 Å². The minimum Gasteiger partial charge on any atom is -0.493 e. The summed E-state index contributed by atoms with van der Waals surface area (Å²) in [6.07, 6.45) is 0. The van der Waals surface area contributed by atoms with Crippen molar-refractivity contribution in [2.24, 2.45) is 10.2 Å². The maximum absolute atomic E-state index is 12.4. The van der Waals surface area contributed by atoms with E-state index in [1.165, 1.54) is 4.90 Å². The molecule has 0 bridgehead atoms. The van der Waals surface area contributed by atoms with E-state index in [1.54, 1.807) is 24.3 Å². The number of rotatable bonds is 4. The first-order chi connectivity index (χ1) is 13.6. The molecule has 2 N–H and O–H groups in total. The van der Waals surface area contributed by atoms with E-state index in [1.807, 2.05) is 28.8 Å². The lowest BCUT2D eigenvalue weighted by Crippen LogP contribution is -3.13. The normalized spacial score (nSPS) is 15.5. The average molecular weight is 400 g/mol. The monoisotopic (exact) mass is 399 g/mol. The number of aromatic nitrogens is 1. The molecule has 3 aromatic rings. The Morgan fingerprint density at radius 2 is 1.86 bits per heavy atom. The van der Waals surface area contributed by atoms with Gasteiger partial charge in [-0.25, -0.2) is 0 Å². The summed E-state index contributed by atoms with van der Waals surface area (Å²) < 4.78 is 7.21. The van der Waals surface area contributed by atoms with Gasteiger partial charge in [-0.05, 0) is 18.2 Å². The molecule has 144 valence electrons. The number of amides is 1. The van der Waals surface area contributed by atoms with Gasteiger partial charge in [0.05, 0.1) is 29.3 Å². The van der Waals surface area contributed by atoms with E-state index < -0.39 is 5.91 Å². The third-order valence-corrected chi connectivity index (χ3v) is 5.17. The van der Waals surface area contributed by atoms with Crippen LogP contribution in [0.4, 0.5) is 5.69 Å². The van der Waals surface area contributed by atoms with E-state index in [9.17, 15) is 9.90 Å². The fourth-order valence-corrected chi connectivity index (χ4v) is 3.57. The lowest BCUT2D eigenvalue weighted by molar-refractivity contribution is -0.930. The van der Waals surface area contributed by atoms with Gasteiger partial charge < -0.3 is 14.7 Å². The van der Waals surface area contributed by atoms with Gasteiger partial charge in [-0.2, -0.15) is 0 Å². The van der Waals surface area contributed by atoms with E-state index >= 15 is 0 Å². The van der Waals surface area contributed by atoms with Crippen LogP contribution in [0, 0.1) is 0 Å². The first-order valence-corrected chi connectivity index (χ1v) is 9.45. The first-order valence-electron chi connectivity index (χ1n) is 9.07. The van der Waals surface area contributed by atoms with Gasteiger partial charge in [0, 0.05) is 5.39 Å². The standard InChI is InChI=1S/C20H19ClN4O3/c21-16-7-3-1-5-14(16)19(26)23-22-18-15-6-2-4-8-17(15)25(20(18)27)13-24-9-11-28-12-10-24/h1-8,27H,9-13H2/p+1. The molecule has 1 aliphatic heterocycles. The van der Waals surface area contributed by atoms with E-state index in [0.717, 1.165) is 24.0 Å². The molecule has 0 unspecified atom stereocenters. The molecule has 0 radical (unpaired) electrons. The third kappa shape index (κ3) is 3.64. The molecule has 1 amide bonds. The Kier molecular flexibility index (Phi) is 5.38. The Morgan fingerprint density at radius 1 is 1.14 bits per heavy atom. The van der Waals surface area contributed by atoms with Gasteiger partial charge >= 0.3 is 0 Å². The number of nitrogens with zero attached hydrogens (tertiary/aromatic N) is 3. The van der Waals surface area contributed by atoms with Crippen molar-refractivity contribution in [2.75, 3.05) is 26.3 Å². The molecule has 0 aliphatic carbocycles. The number of para-hydroxylation sites is 1. The summed E-state index contributed by atoms with van der Waals surface area (Å²) in [5.74, 6) is -0.559. The summed E-state index contributed by atoms with van der Waals surface area (Å²) in [6, 6.07) is 14.2. The fourth-order valence-electron chi connectivity index (χ4n) is 3.36.